The molecular weight excluding hydrogens is 265 g/mol. The van der Waals surface area contributed by atoms with Gasteiger partial charge in [0.05, 0.1) is 0 Å². The van der Waals surface area contributed by atoms with Gasteiger partial charge in [0, 0.05) is 5.69 Å². The Balaban J connectivity index is 2.15. The molecule has 0 saturated heterocycles. The molecule has 0 bridgehead atoms. The van der Waals surface area contributed by atoms with E-state index in [0.717, 1.165) is 11.3 Å². The number of halogens is 2. The predicted octanol–water partition coefficient (Wildman–Crippen LogP) is 2.89. The van der Waals surface area contributed by atoms with E-state index in [2.05, 4.69) is 15.5 Å². The van der Waals surface area contributed by atoms with Crippen LogP contribution in [-0.2, 0) is 0 Å². The Morgan fingerprint density at radius 1 is 1.47 bits per heavy atom. The first-order valence-electron chi connectivity index (χ1n) is 4.63. The van der Waals surface area contributed by atoms with Crippen LogP contribution < -0.4 is 5.32 Å². The summed E-state index contributed by atoms with van der Waals surface area (Å²) in [5, 5.41) is 9.74. The molecule has 0 radical (unpaired) electrons. The number of aryl methyl sites for hydroxylation is 1. The van der Waals surface area contributed by atoms with Crippen molar-refractivity contribution in [2.45, 2.75) is 6.92 Å². The van der Waals surface area contributed by atoms with E-state index in [0.29, 0.717) is 11.3 Å². The van der Waals surface area contributed by atoms with Crippen molar-refractivity contribution < 1.29 is 9.18 Å². The van der Waals surface area contributed by atoms with Crippen molar-refractivity contribution in [1.82, 2.24) is 10.2 Å². The van der Waals surface area contributed by atoms with Crippen molar-refractivity contribution in [3.63, 3.8) is 0 Å². The van der Waals surface area contributed by atoms with E-state index in [1.807, 2.05) is 0 Å². The molecular formula is C10H7ClFN3OS. The smallest absolute Gasteiger partial charge is 0.286 e. The fraction of sp³-hybridized carbons (Fsp3) is 0.100. The zero-order valence-electron chi connectivity index (χ0n) is 8.70. The molecule has 1 amide bonds. The van der Waals surface area contributed by atoms with Crippen LogP contribution in [0.15, 0.2) is 18.2 Å². The lowest BCUT2D eigenvalue weighted by atomic mass is 10.2. The van der Waals surface area contributed by atoms with Gasteiger partial charge in [0.25, 0.3) is 5.91 Å². The number of hydrogen-bond donors (Lipinski definition) is 1. The predicted molar refractivity (Wildman–Crippen MR) is 64.0 cm³/mol. The van der Waals surface area contributed by atoms with Crippen LogP contribution in [0.5, 0.6) is 0 Å². The zero-order valence-corrected chi connectivity index (χ0v) is 10.3. The molecule has 1 aromatic carbocycles. The molecule has 0 aliphatic heterocycles. The molecule has 0 fully saturated rings. The Morgan fingerprint density at radius 3 is 2.82 bits per heavy atom. The number of aromatic nitrogens is 2. The SMILES string of the molecule is Cc1ccc(NC(=O)c2nnc(Cl)s2)cc1F. The normalized spacial score (nSPS) is 10.3. The molecule has 17 heavy (non-hydrogen) atoms. The lowest BCUT2D eigenvalue weighted by molar-refractivity contribution is 0.102. The second kappa shape index (κ2) is 4.77. The summed E-state index contributed by atoms with van der Waals surface area (Å²) in [5.41, 5.74) is 0.881. The van der Waals surface area contributed by atoms with Gasteiger partial charge in [-0.1, -0.05) is 17.4 Å². The van der Waals surface area contributed by atoms with Gasteiger partial charge in [-0.2, -0.15) is 0 Å². The number of rotatable bonds is 2. The monoisotopic (exact) mass is 271 g/mol. The first-order chi connectivity index (χ1) is 8.06. The molecule has 0 spiro atoms. The van der Waals surface area contributed by atoms with Gasteiger partial charge in [0.2, 0.25) is 9.47 Å². The summed E-state index contributed by atoms with van der Waals surface area (Å²) in [6.07, 6.45) is 0. The van der Waals surface area contributed by atoms with Crippen LogP contribution >= 0.6 is 22.9 Å². The second-order valence-corrected chi connectivity index (χ2v) is 4.84. The van der Waals surface area contributed by atoms with Crippen molar-refractivity contribution in [1.29, 1.82) is 0 Å². The maximum absolute atomic E-state index is 13.2. The summed E-state index contributed by atoms with van der Waals surface area (Å²) in [6, 6.07) is 4.44. The lowest BCUT2D eigenvalue weighted by Gasteiger charge is -2.03. The first-order valence-corrected chi connectivity index (χ1v) is 5.82. The van der Waals surface area contributed by atoms with Crippen molar-refractivity contribution in [3.8, 4) is 0 Å². The molecule has 88 valence electrons. The van der Waals surface area contributed by atoms with E-state index in [1.165, 1.54) is 6.07 Å². The summed E-state index contributed by atoms with van der Waals surface area (Å²) in [4.78, 5) is 11.6. The minimum atomic E-state index is -0.461. The molecule has 1 aromatic heterocycles. The highest BCUT2D eigenvalue weighted by Gasteiger charge is 2.12. The Kier molecular flexibility index (Phi) is 3.35. The van der Waals surface area contributed by atoms with Gasteiger partial charge in [0.15, 0.2) is 0 Å². The van der Waals surface area contributed by atoms with Crippen LogP contribution in [0.3, 0.4) is 0 Å². The maximum atomic E-state index is 13.2. The minimum absolute atomic E-state index is 0.135. The molecule has 0 aliphatic carbocycles. The van der Waals surface area contributed by atoms with Crippen molar-refractivity contribution in [2.24, 2.45) is 0 Å². The molecule has 0 atom stereocenters. The average Bonchev–Trinajstić information content (AvgIpc) is 2.70. The van der Waals surface area contributed by atoms with E-state index in [1.54, 1.807) is 19.1 Å². The van der Waals surface area contributed by atoms with Gasteiger partial charge in [-0.3, -0.25) is 4.79 Å². The third-order valence-corrected chi connectivity index (χ3v) is 3.04. The van der Waals surface area contributed by atoms with Gasteiger partial charge in [-0.05, 0) is 36.2 Å². The Bertz CT molecular complexity index is 572. The average molecular weight is 272 g/mol. The van der Waals surface area contributed by atoms with Crippen LogP contribution in [0.2, 0.25) is 4.47 Å². The fourth-order valence-electron chi connectivity index (χ4n) is 1.15. The second-order valence-electron chi connectivity index (χ2n) is 3.28. The van der Waals surface area contributed by atoms with Gasteiger partial charge < -0.3 is 5.32 Å². The van der Waals surface area contributed by atoms with Crippen LogP contribution in [0, 0.1) is 12.7 Å². The van der Waals surface area contributed by atoms with Gasteiger partial charge >= 0.3 is 0 Å². The quantitative estimate of drug-likeness (QED) is 0.914. The molecule has 1 heterocycles. The summed E-state index contributed by atoms with van der Waals surface area (Å²) >= 11 is 6.52. The van der Waals surface area contributed by atoms with E-state index >= 15 is 0 Å². The zero-order chi connectivity index (χ0) is 12.4. The topological polar surface area (TPSA) is 54.9 Å². The largest absolute Gasteiger partial charge is 0.320 e. The third-order valence-electron chi connectivity index (χ3n) is 2.02. The summed E-state index contributed by atoms with van der Waals surface area (Å²) < 4.78 is 13.4. The number of nitrogens with one attached hydrogen (secondary N) is 1. The van der Waals surface area contributed by atoms with E-state index in [-0.39, 0.29) is 15.3 Å². The number of nitrogens with zero attached hydrogens (tertiary/aromatic N) is 2. The summed E-state index contributed by atoms with van der Waals surface area (Å²) in [5.74, 6) is -0.837. The van der Waals surface area contributed by atoms with E-state index in [4.69, 9.17) is 11.6 Å². The highest BCUT2D eigenvalue weighted by Crippen LogP contribution is 2.18. The van der Waals surface area contributed by atoms with Crippen molar-refractivity contribution in [3.05, 3.63) is 39.1 Å². The number of amides is 1. The van der Waals surface area contributed by atoms with Gasteiger partial charge in [0.1, 0.15) is 5.82 Å². The standard InChI is InChI=1S/C10H7ClFN3OS/c1-5-2-3-6(4-7(5)12)13-8(16)9-14-15-10(11)17-9/h2-4H,1H3,(H,13,16). The lowest BCUT2D eigenvalue weighted by Crippen LogP contribution is -2.11. The highest BCUT2D eigenvalue weighted by molar-refractivity contribution is 7.17. The van der Waals surface area contributed by atoms with E-state index in [9.17, 15) is 9.18 Å². The molecule has 0 aliphatic rings. The van der Waals surface area contributed by atoms with Crippen LogP contribution in [0.25, 0.3) is 0 Å². The Hall–Kier alpha value is -1.53. The van der Waals surface area contributed by atoms with E-state index < -0.39 is 5.91 Å². The van der Waals surface area contributed by atoms with Gasteiger partial charge in [-0.15, -0.1) is 10.2 Å². The summed E-state index contributed by atoms with van der Waals surface area (Å²) in [7, 11) is 0. The number of carbonyl (C=O) groups is 1. The third kappa shape index (κ3) is 2.78. The molecule has 7 heteroatoms. The first kappa shape index (κ1) is 11.9. The fourth-order valence-corrected chi connectivity index (χ4v) is 1.88. The molecule has 2 rings (SSSR count). The Morgan fingerprint density at radius 2 is 2.24 bits per heavy atom. The van der Waals surface area contributed by atoms with Crippen molar-refractivity contribution >= 4 is 34.5 Å². The summed E-state index contributed by atoms with van der Waals surface area (Å²) in [6.45, 7) is 1.64. The number of anilines is 1. The van der Waals surface area contributed by atoms with Crippen molar-refractivity contribution in [2.75, 3.05) is 5.32 Å². The molecule has 0 saturated carbocycles. The molecule has 1 N–H and O–H groups in total. The minimum Gasteiger partial charge on any atom is -0.320 e. The van der Waals surface area contributed by atoms with Crippen LogP contribution in [0.1, 0.15) is 15.4 Å². The molecule has 0 unspecified atom stereocenters. The maximum Gasteiger partial charge on any atom is 0.286 e. The number of carbonyl (C=O) groups excluding carboxylic acids is 1. The highest BCUT2D eigenvalue weighted by atomic mass is 35.5. The number of benzene rings is 1. The van der Waals surface area contributed by atoms with Crippen LogP contribution in [0.4, 0.5) is 10.1 Å². The number of hydrogen-bond acceptors (Lipinski definition) is 4. The molecule has 4 nitrogen and oxygen atoms in total. The van der Waals surface area contributed by atoms with Crippen LogP contribution in [-0.4, -0.2) is 16.1 Å². The van der Waals surface area contributed by atoms with Gasteiger partial charge in [-0.25, -0.2) is 4.39 Å². The molecule has 2 aromatic rings. The Labute approximate surface area is 105 Å².